The lowest BCUT2D eigenvalue weighted by atomic mass is 9.81. The van der Waals surface area contributed by atoms with Crippen LogP contribution in [0.4, 0.5) is 4.79 Å². The van der Waals surface area contributed by atoms with Crippen LogP contribution in [0.25, 0.3) is 0 Å². The first kappa shape index (κ1) is 33.8. The number of aliphatic hydroxyl groups is 1. The second kappa shape index (κ2) is 17.5. The number of nitrogens with two attached hydrogens (primary N) is 1. The Labute approximate surface area is 255 Å². The third kappa shape index (κ3) is 11.5. The molecular formula is C33H49N5O5. The Morgan fingerprint density at radius 3 is 2.44 bits per heavy atom. The van der Waals surface area contributed by atoms with Crippen LogP contribution >= 0.6 is 0 Å². The van der Waals surface area contributed by atoms with Gasteiger partial charge in [-0.05, 0) is 42.6 Å². The summed E-state index contributed by atoms with van der Waals surface area (Å²) in [4.78, 5) is 45.9. The number of hydrogen-bond donors (Lipinski definition) is 5. The van der Waals surface area contributed by atoms with E-state index < -0.39 is 42.0 Å². The number of nitrogens with zero attached hydrogens (tertiary/aromatic N) is 1. The maximum absolute atomic E-state index is 13.9. The van der Waals surface area contributed by atoms with E-state index in [0.29, 0.717) is 36.8 Å². The Hall–Kier alpha value is -3.66. The Kier molecular flexibility index (Phi) is 13.7. The molecule has 0 saturated heterocycles. The van der Waals surface area contributed by atoms with Gasteiger partial charge in [-0.25, -0.2) is 9.78 Å². The van der Waals surface area contributed by atoms with Gasteiger partial charge in [0, 0.05) is 18.3 Å². The molecule has 6 N–H and O–H groups in total. The van der Waals surface area contributed by atoms with Crippen LogP contribution in [0.5, 0.6) is 0 Å². The molecule has 0 bridgehead atoms. The van der Waals surface area contributed by atoms with E-state index in [2.05, 4.69) is 41.0 Å². The van der Waals surface area contributed by atoms with Crippen molar-refractivity contribution >= 4 is 17.9 Å². The number of ether oxygens (including phenoxy) is 1. The van der Waals surface area contributed by atoms with E-state index in [-0.39, 0.29) is 18.9 Å². The van der Waals surface area contributed by atoms with Crippen LogP contribution in [0.15, 0.2) is 55.5 Å². The zero-order valence-electron chi connectivity index (χ0n) is 25.5. The molecule has 10 nitrogen and oxygen atoms in total. The molecule has 1 aromatic heterocycles. The number of hydrogen-bond acceptors (Lipinski definition) is 6. The van der Waals surface area contributed by atoms with Gasteiger partial charge in [0.2, 0.25) is 11.8 Å². The molecule has 1 aliphatic carbocycles. The molecule has 1 aliphatic rings. The molecule has 1 saturated carbocycles. The van der Waals surface area contributed by atoms with Gasteiger partial charge in [0.25, 0.3) is 0 Å². The number of primary amides is 1. The van der Waals surface area contributed by atoms with Crippen molar-refractivity contribution < 1.29 is 24.2 Å². The molecular weight excluding hydrogens is 546 g/mol. The monoisotopic (exact) mass is 595 g/mol. The van der Waals surface area contributed by atoms with Crippen LogP contribution < -0.4 is 16.4 Å². The average molecular weight is 596 g/mol. The van der Waals surface area contributed by atoms with Gasteiger partial charge >= 0.3 is 6.09 Å². The molecule has 0 radical (unpaired) electrons. The molecule has 3 amide bonds. The fourth-order valence-corrected chi connectivity index (χ4v) is 5.88. The summed E-state index contributed by atoms with van der Waals surface area (Å²) in [5.74, 6) is -0.788. The van der Waals surface area contributed by atoms with Crippen molar-refractivity contribution in [1.29, 1.82) is 0 Å². The van der Waals surface area contributed by atoms with Crippen LogP contribution in [0.3, 0.4) is 0 Å². The smallest absolute Gasteiger partial charge is 0.404 e. The Bertz CT molecular complexity index is 1130. The number of aromatic nitrogens is 2. The normalized spacial score (nSPS) is 17.3. The minimum atomic E-state index is -0.976. The van der Waals surface area contributed by atoms with Gasteiger partial charge in [0.1, 0.15) is 12.6 Å². The number of carbonyl (C=O) groups is 3. The predicted octanol–water partition coefficient (Wildman–Crippen LogP) is 4.06. The van der Waals surface area contributed by atoms with Gasteiger partial charge < -0.3 is 31.2 Å². The summed E-state index contributed by atoms with van der Waals surface area (Å²) in [6.07, 6.45) is 10.5. The molecule has 1 fully saturated rings. The zero-order valence-corrected chi connectivity index (χ0v) is 25.5. The molecule has 0 unspecified atom stereocenters. The summed E-state index contributed by atoms with van der Waals surface area (Å²) >= 11 is 0. The largest absolute Gasteiger partial charge is 0.449 e. The highest BCUT2D eigenvalue weighted by atomic mass is 16.5. The fraction of sp³-hybridized carbons (Fsp3) is 0.576. The van der Waals surface area contributed by atoms with E-state index in [4.69, 9.17) is 10.5 Å². The summed E-state index contributed by atoms with van der Waals surface area (Å²) in [7, 11) is 0. The van der Waals surface area contributed by atoms with Gasteiger partial charge in [-0.1, -0.05) is 82.4 Å². The number of benzene rings is 1. The van der Waals surface area contributed by atoms with E-state index in [0.717, 1.165) is 31.2 Å². The van der Waals surface area contributed by atoms with E-state index in [1.165, 1.54) is 12.7 Å². The molecule has 0 aliphatic heterocycles. The van der Waals surface area contributed by atoms with Crippen LogP contribution in [0.1, 0.15) is 70.1 Å². The Morgan fingerprint density at radius 2 is 1.84 bits per heavy atom. The van der Waals surface area contributed by atoms with Crippen LogP contribution in [-0.2, 0) is 27.2 Å². The molecule has 1 aromatic carbocycles. The van der Waals surface area contributed by atoms with E-state index in [1.54, 1.807) is 6.20 Å². The lowest BCUT2D eigenvalue weighted by Crippen LogP contribution is -2.55. The van der Waals surface area contributed by atoms with Gasteiger partial charge in [-0.3, -0.25) is 9.59 Å². The maximum Gasteiger partial charge on any atom is 0.404 e. The lowest BCUT2D eigenvalue weighted by Gasteiger charge is -2.33. The summed E-state index contributed by atoms with van der Waals surface area (Å²) in [5, 5.41) is 17.4. The SMILES string of the molecule is C=C[C@@H](C[C@H](O)[C@H](CC1CCCCC1)NC(=O)[C@H](Cc1cnc[nH]1)NC(=O)[C@H](COC(N)=O)Cc1ccccc1)C(C)C. The molecule has 3 rings (SSSR count). The second-order valence-electron chi connectivity index (χ2n) is 12.2. The molecule has 43 heavy (non-hydrogen) atoms. The van der Waals surface area contributed by atoms with E-state index in [9.17, 15) is 19.5 Å². The van der Waals surface area contributed by atoms with Crippen LogP contribution in [-0.4, -0.2) is 57.8 Å². The first-order valence-electron chi connectivity index (χ1n) is 15.5. The molecule has 1 heterocycles. The molecule has 10 heteroatoms. The third-order valence-electron chi connectivity index (χ3n) is 8.51. The van der Waals surface area contributed by atoms with Crippen molar-refractivity contribution in [1.82, 2.24) is 20.6 Å². The van der Waals surface area contributed by atoms with Crippen molar-refractivity contribution in [2.75, 3.05) is 6.61 Å². The highest BCUT2D eigenvalue weighted by Gasteiger charge is 2.32. The first-order chi connectivity index (χ1) is 20.7. The van der Waals surface area contributed by atoms with Gasteiger partial charge in [-0.2, -0.15) is 0 Å². The van der Waals surface area contributed by atoms with Crippen molar-refractivity contribution in [3.63, 3.8) is 0 Å². The van der Waals surface area contributed by atoms with Crippen LogP contribution in [0.2, 0.25) is 0 Å². The predicted molar refractivity (Wildman–Crippen MR) is 166 cm³/mol. The number of H-pyrrole nitrogens is 1. The second-order valence-corrected chi connectivity index (χ2v) is 12.2. The number of amides is 3. The summed E-state index contributed by atoms with van der Waals surface area (Å²) in [5.41, 5.74) is 6.75. The van der Waals surface area contributed by atoms with Crippen molar-refractivity contribution in [2.45, 2.75) is 89.8 Å². The molecule has 5 atom stereocenters. The van der Waals surface area contributed by atoms with Crippen molar-refractivity contribution in [2.24, 2.45) is 29.4 Å². The van der Waals surface area contributed by atoms with Gasteiger partial charge in [0.15, 0.2) is 0 Å². The summed E-state index contributed by atoms with van der Waals surface area (Å²) < 4.78 is 5.01. The van der Waals surface area contributed by atoms with Gasteiger partial charge in [0.05, 0.1) is 24.4 Å². The zero-order chi connectivity index (χ0) is 31.2. The average Bonchev–Trinajstić information content (AvgIpc) is 3.51. The Morgan fingerprint density at radius 1 is 1.12 bits per heavy atom. The number of aliphatic hydroxyl groups excluding tert-OH is 1. The summed E-state index contributed by atoms with van der Waals surface area (Å²) in [6.45, 7) is 7.91. The first-order valence-corrected chi connectivity index (χ1v) is 15.5. The number of carbonyl (C=O) groups excluding carboxylic acids is 3. The highest BCUT2D eigenvalue weighted by molar-refractivity contribution is 5.89. The third-order valence-corrected chi connectivity index (χ3v) is 8.51. The van der Waals surface area contributed by atoms with E-state index in [1.807, 2.05) is 36.4 Å². The lowest BCUT2D eigenvalue weighted by molar-refractivity contribution is -0.132. The summed E-state index contributed by atoms with van der Waals surface area (Å²) in [6, 6.07) is 7.93. The number of rotatable bonds is 17. The number of aromatic amines is 1. The number of allylic oxidation sites excluding steroid dienone is 1. The topological polar surface area (TPSA) is 159 Å². The van der Waals surface area contributed by atoms with Crippen molar-refractivity contribution in [3.8, 4) is 0 Å². The number of imidazole rings is 1. The Balaban J connectivity index is 1.80. The van der Waals surface area contributed by atoms with E-state index >= 15 is 0 Å². The number of nitrogens with one attached hydrogen (secondary N) is 3. The minimum absolute atomic E-state index is 0.102. The van der Waals surface area contributed by atoms with Crippen molar-refractivity contribution in [3.05, 3.63) is 66.8 Å². The minimum Gasteiger partial charge on any atom is -0.449 e. The standard InChI is InChI=1S/C33H49N5O5/c1-4-25(22(2)3)17-30(39)28(16-24-13-9-6-10-14-24)37-32(41)29(18-27-19-35-21-36-27)38-31(40)26(20-43-33(34)42)15-23-11-7-5-8-12-23/h4-5,7-8,11-12,19,21-22,24-26,28-30,39H,1,6,9-10,13-18,20H2,2-3H3,(H2,34,42)(H,35,36)(H,37,41)(H,38,40)/t25-,26-,28-,29-,30-/m0/s1. The van der Waals surface area contributed by atoms with Crippen LogP contribution in [0, 0.1) is 23.7 Å². The maximum atomic E-state index is 13.9. The molecule has 236 valence electrons. The molecule has 2 aromatic rings. The quantitative estimate of drug-likeness (QED) is 0.174. The fourth-order valence-electron chi connectivity index (χ4n) is 5.88. The van der Waals surface area contributed by atoms with Gasteiger partial charge in [-0.15, -0.1) is 6.58 Å². The molecule has 0 spiro atoms. The highest BCUT2D eigenvalue weighted by Crippen LogP contribution is 2.30.